The Morgan fingerprint density at radius 1 is 1.04 bits per heavy atom. The first kappa shape index (κ1) is 16.0. The van der Waals surface area contributed by atoms with E-state index in [0.717, 1.165) is 12.0 Å². The highest BCUT2D eigenvalue weighted by atomic mass is 16.2. The third-order valence-corrected chi connectivity index (χ3v) is 5.54. The maximum atomic E-state index is 12.8. The summed E-state index contributed by atoms with van der Waals surface area (Å²) < 4.78 is 0. The second-order valence-electron chi connectivity index (χ2n) is 7.14. The lowest BCUT2D eigenvalue weighted by molar-refractivity contribution is -0.138. The zero-order chi connectivity index (χ0) is 16.3. The highest BCUT2D eigenvalue weighted by molar-refractivity contribution is 6.03. The van der Waals surface area contributed by atoms with Gasteiger partial charge in [-0.25, -0.2) is 0 Å². The van der Waals surface area contributed by atoms with Crippen molar-refractivity contribution in [3.8, 4) is 0 Å². The zero-order valence-electron chi connectivity index (χ0n) is 13.6. The van der Waals surface area contributed by atoms with Gasteiger partial charge in [0.25, 0.3) is 0 Å². The van der Waals surface area contributed by atoms with E-state index in [4.69, 9.17) is 5.73 Å². The molecule has 4 nitrogen and oxygen atoms in total. The van der Waals surface area contributed by atoms with E-state index in [1.54, 1.807) is 0 Å². The minimum atomic E-state index is -0.573. The number of anilines is 1. The van der Waals surface area contributed by atoms with Gasteiger partial charge in [-0.2, -0.15) is 0 Å². The molecule has 2 amide bonds. The molecule has 3 N–H and O–H groups in total. The molecule has 3 rings (SSSR count). The molecule has 2 aliphatic rings. The van der Waals surface area contributed by atoms with Gasteiger partial charge in [-0.3, -0.25) is 14.9 Å². The molecule has 1 atom stereocenters. The van der Waals surface area contributed by atoms with Gasteiger partial charge >= 0.3 is 0 Å². The maximum absolute atomic E-state index is 12.8. The lowest BCUT2D eigenvalue weighted by atomic mass is 9.67. The van der Waals surface area contributed by atoms with Crippen molar-refractivity contribution in [1.82, 2.24) is 5.32 Å². The van der Waals surface area contributed by atoms with Gasteiger partial charge in [0.05, 0.1) is 5.41 Å². The molecule has 0 radical (unpaired) electrons. The predicted molar refractivity (Wildman–Crippen MR) is 90.7 cm³/mol. The van der Waals surface area contributed by atoms with E-state index in [0.29, 0.717) is 24.4 Å². The largest absolute Gasteiger partial charge is 0.399 e. The van der Waals surface area contributed by atoms with Crippen LogP contribution in [0.3, 0.4) is 0 Å². The number of carbonyl (C=O) groups excluding carboxylic acids is 2. The molecule has 1 heterocycles. The van der Waals surface area contributed by atoms with E-state index >= 15 is 0 Å². The van der Waals surface area contributed by atoms with Gasteiger partial charge < -0.3 is 5.73 Å². The van der Waals surface area contributed by atoms with Crippen molar-refractivity contribution in [2.75, 3.05) is 5.73 Å². The molecule has 0 spiro atoms. The number of hydrogen-bond acceptors (Lipinski definition) is 3. The molecule has 1 saturated carbocycles. The lowest BCUT2D eigenvalue weighted by Crippen LogP contribution is -2.52. The van der Waals surface area contributed by atoms with E-state index < -0.39 is 5.41 Å². The number of amides is 2. The summed E-state index contributed by atoms with van der Waals surface area (Å²) in [7, 11) is 0. The van der Waals surface area contributed by atoms with Crippen molar-refractivity contribution in [3.05, 3.63) is 29.8 Å². The molecule has 1 unspecified atom stereocenters. The zero-order valence-corrected chi connectivity index (χ0v) is 13.6. The van der Waals surface area contributed by atoms with Gasteiger partial charge in [-0.05, 0) is 36.5 Å². The molecule has 1 aromatic rings. The monoisotopic (exact) mass is 314 g/mol. The summed E-state index contributed by atoms with van der Waals surface area (Å²) in [4.78, 5) is 24.5. The topological polar surface area (TPSA) is 72.2 Å². The maximum Gasteiger partial charge on any atom is 0.237 e. The van der Waals surface area contributed by atoms with Crippen molar-refractivity contribution < 1.29 is 9.59 Å². The van der Waals surface area contributed by atoms with E-state index in [1.807, 2.05) is 24.3 Å². The summed E-state index contributed by atoms with van der Waals surface area (Å²) in [6.45, 7) is 0. The summed E-state index contributed by atoms with van der Waals surface area (Å²) in [5.74, 6) is 0.290. The van der Waals surface area contributed by atoms with Crippen LogP contribution >= 0.6 is 0 Å². The number of hydrogen-bond donors (Lipinski definition) is 2. The number of nitrogen functional groups attached to an aromatic ring is 1. The van der Waals surface area contributed by atoms with Gasteiger partial charge in [0.2, 0.25) is 11.8 Å². The van der Waals surface area contributed by atoms with Crippen molar-refractivity contribution in [2.45, 2.75) is 63.2 Å². The number of nitrogens with two attached hydrogens (primary N) is 1. The molecule has 1 aliphatic heterocycles. The van der Waals surface area contributed by atoms with E-state index in [2.05, 4.69) is 5.32 Å². The summed E-state index contributed by atoms with van der Waals surface area (Å²) >= 11 is 0. The van der Waals surface area contributed by atoms with Gasteiger partial charge in [0.15, 0.2) is 0 Å². The van der Waals surface area contributed by atoms with Crippen LogP contribution in [-0.4, -0.2) is 11.8 Å². The Balaban J connectivity index is 1.91. The normalized spacial score (nSPS) is 26.6. The third-order valence-electron chi connectivity index (χ3n) is 5.54. The van der Waals surface area contributed by atoms with Crippen LogP contribution in [-0.2, 0) is 15.0 Å². The number of nitrogens with one attached hydrogen (secondary N) is 1. The van der Waals surface area contributed by atoms with Gasteiger partial charge in [-0.15, -0.1) is 0 Å². The minimum absolute atomic E-state index is 0.122. The second kappa shape index (κ2) is 6.73. The van der Waals surface area contributed by atoms with E-state index in [1.165, 1.54) is 38.5 Å². The predicted octanol–water partition coefficient (Wildman–Crippen LogP) is 3.30. The van der Waals surface area contributed by atoms with E-state index in [-0.39, 0.29) is 11.8 Å². The number of piperidine rings is 1. The Morgan fingerprint density at radius 3 is 2.30 bits per heavy atom. The lowest BCUT2D eigenvalue weighted by Gasteiger charge is -2.38. The van der Waals surface area contributed by atoms with Crippen LogP contribution in [0.2, 0.25) is 0 Å². The molecule has 1 saturated heterocycles. The summed E-state index contributed by atoms with van der Waals surface area (Å²) in [6, 6.07) is 7.63. The van der Waals surface area contributed by atoms with Crippen molar-refractivity contribution in [2.24, 2.45) is 5.92 Å². The SMILES string of the molecule is Nc1ccc(C2(CC3CCCCCC3)CCC(=O)NC2=O)cc1. The molecule has 0 aromatic heterocycles. The van der Waals surface area contributed by atoms with Crippen LogP contribution in [0.15, 0.2) is 24.3 Å². The summed E-state index contributed by atoms with van der Waals surface area (Å²) in [5, 5.41) is 2.58. The van der Waals surface area contributed by atoms with Gasteiger partial charge in [-0.1, -0.05) is 50.7 Å². The molecular formula is C19H26N2O2. The smallest absolute Gasteiger partial charge is 0.237 e. The minimum Gasteiger partial charge on any atom is -0.399 e. The quantitative estimate of drug-likeness (QED) is 0.511. The van der Waals surface area contributed by atoms with Crippen LogP contribution in [0.1, 0.15) is 63.4 Å². The molecular weight excluding hydrogens is 288 g/mol. The first-order chi connectivity index (χ1) is 11.1. The molecule has 23 heavy (non-hydrogen) atoms. The fourth-order valence-corrected chi connectivity index (χ4v) is 4.20. The highest BCUT2D eigenvalue weighted by Gasteiger charge is 2.45. The Hall–Kier alpha value is -1.84. The Kier molecular flexibility index (Phi) is 4.69. The molecule has 124 valence electrons. The molecule has 0 bridgehead atoms. The second-order valence-corrected chi connectivity index (χ2v) is 7.14. The molecule has 2 fully saturated rings. The van der Waals surface area contributed by atoms with E-state index in [9.17, 15) is 9.59 Å². The fraction of sp³-hybridized carbons (Fsp3) is 0.579. The number of imide groups is 1. The molecule has 1 aliphatic carbocycles. The summed E-state index contributed by atoms with van der Waals surface area (Å²) in [6.07, 6.45) is 9.37. The average molecular weight is 314 g/mol. The Morgan fingerprint density at radius 2 is 1.70 bits per heavy atom. The van der Waals surface area contributed by atoms with Gasteiger partial charge in [0, 0.05) is 12.1 Å². The van der Waals surface area contributed by atoms with Gasteiger partial charge in [0.1, 0.15) is 0 Å². The van der Waals surface area contributed by atoms with Crippen LogP contribution < -0.4 is 11.1 Å². The fourth-order valence-electron chi connectivity index (χ4n) is 4.20. The first-order valence-corrected chi connectivity index (χ1v) is 8.80. The molecule has 1 aromatic carbocycles. The van der Waals surface area contributed by atoms with Crippen LogP contribution in [0.4, 0.5) is 5.69 Å². The number of carbonyl (C=O) groups is 2. The number of rotatable bonds is 3. The van der Waals surface area contributed by atoms with Crippen LogP contribution in [0, 0.1) is 5.92 Å². The standard InChI is InChI=1S/C19H26N2O2/c20-16-9-7-15(8-10-16)19(12-11-17(22)21-18(19)23)13-14-5-3-1-2-4-6-14/h7-10,14H,1-6,11-13,20H2,(H,21,22,23). The average Bonchev–Trinajstić information content (AvgIpc) is 2.80. The first-order valence-electron chi connectivity index (χ1n) is 8.80. The number of benzene rings is 1. The third kappa shape index (κ3) is 3.41. The Bertz CT molecular complexity index is 574. The Labute approximate surface area is 137 Å². The molecule has 4 heteroatoms. The highest BCUT2D eigenvalue weighted by Crippen LogP contribution is 2.41. The van der Waals surface area contributed by atoms with Crippen molar-refractivity contribution in [1.29, 1.82) is 0 Å². The van der Waals surface area contributed by atoms with Crippen LogP contribution in [0.25, 0.3) is 0 Å². The summed E-state index contributed by atoms with van der Waals surface area (Å²) in [5.41, 5.74) is 6.93. The van der Waals surface area contributed by atoms with Crippen molar-refractivity contribution in [3.63, 3.8) is 0 Å². The van der Waals surface area contributed by atoms with Crippen molar-refractivity contribution >= 4 is 17.5 Å². The van der Waals surface area contributed by atoms with Crippen LogP contribution in [0.5, 0.6) is 0 Å².